The molecule has 0 spiro atoms. The number of barbiturate groups is 1. The molecule has 0 radical (unpaired) electrons. The standard InChI is InChI=1S/C17H18N4O4/c1-9-6-12(11(3)21(9)14-7-10(2)25-18-14)8-13-15(22)19(4)17(24)20(5)16(13)23/h6-8H,1-5H3. The SMILES string of the molecule is Cc1cc(-n2c(C)cc(C=C3C(=O)N(C)C(=O)N(C)C3=O)c2C)no1. The third-order valence-corrected chi connectivity index (χ3v) is 4.26. The normalized spacial score (nSPS) is 15.4. The van der Waals surface area contributed by atoms with Crippen LogP contribution in [-0.4, -0.2) is 51.5 Å². The Morgan fingerprint density at radius 1 is 1.00 bits per heavy atom. The number of nitrogens with zero attached hydrogens (tertiary/aromatic N) is 4. The lowest BCUT2D eigenvalue weighted by Gasteiger charge is -2.28. The first-order valence-electron chi connectivity index (χ1n) is 7.66. The van der Waals surface area contributed by atoms with Crippen molar-refractivity contribution < 1.29 is 18.9 Å². The molecular formula is C17H18N4O4. The minimum absolute atomic E-state index is 0.0545. The first kappa shape index (κ1) is 16.7. The molecule has 2 aromatic heterocycles. The summed E-state index contributed by atoms with van der Waals surface area (Å²) in [4.78, 5) is 38.3. The third kappa shape index (κ3) is 2.55. The van der Waals surface area contributed by atoms with Gasteiger partial charge in [-0.3, -0.25) is 24.0 Å². The second-order valence-corrected chi connectivity index (χ2v) is 6.03. The second kappa shape index (κ2) is 5.73. The Morgan fingerprint density at radius 3 is 2.12 bits per heavy atom. The van der Waals surface area contributed by atoms with Crippen LogP contribution in [-0.2, 0) is 9.59 Å². The van der Waals surface area contributed by atoms with Gasteiger partial charge in [0.1, 0.15) is 11.3 Å². The minimum Gasteiger partial charge on any atom is -0.360 e. The van der Waals surface area contributed by atoms with E-state index in [0.717, 1.165) is 21.2 Å². The molecule has 130 valence electrons. The van der Waals surface area contributed by atoms with Crippen molar-refractivity contribution in [3.05, 3.63) is 40.4 Å². The molecule has 25 heavy (non-hydrogen) atoms. The van der Waals surface area contributed by atoms with Gasteiger partial charge in [0.2, 0.25) is 0 Å². The van der Waals surface area contributed by atoms with Crippen molar-refractivity contribution in [2.75, 3.05) is 14.1 Å². The molecule has 1 aliphatic rings. The van der Waals surface area contributed by atoms with Gasteiger partial charge in [0.05, 0.1) is 0 Å². The van der Waals surface area contributed by atoms with E-state index >= 15 is 0 Å². The molecule has 1 fully saturated rings. The molecule has 8 nitrogen and oxygen atoms in total. The summed E-state index contributed by atoms with van der Waals surface area (Å²) < 4.78 is 6.99. The highest BCUT2D eigenvalue weighted by Crippen LogP contribution is 2.24. The average Bonchev–Trinajstić information content (AvgIpc) is 3.10. The van der Waals surface area contributed by atoms with Gasteiger partial charge in [0, 0.05) is 31.5 Å². The number of urea groups is 1. The molecule has 3 heterocycles. The maximum absolute atomic E-state index is 12.3. The van der Waals surface area contributed by atoms with E-state index < -0.39 is 17.8 Å². The predicted molar refractivity (Wildman–Crippen MR) is 89.0 cm³/mol. The second-order valence-electron chi connectivity index (χ2n) is 6.03. The quantitative estimate of drug-likeness (QED) is 0.613. The number of aromatic nitrogens is 2. The van der Waals surface area contributed by atoms with Crippen LogP contribution in [0.15, 0.2) is 22.2 Å². The fraction of sp³-hybridized carbons (Fsp3) is 0.294. The number of carbonyl (C=O) groups is 3. The van der Waals surface area contributed by atoms with E-state index in [2.05, 4.69) is 5.16 Å². The maximum atomic E-state index is 12.3. The molecular weight excluding hydrogens is 324 g/mol. The van der Waals surface area contributed by atoms with Crippen molar-refractivity contribution in [3.8, 4) is 5.82 Å². The number of amides is 4. The molecule has 1 aliphatic heterocycles. The van der Waals surface area contributed by atoms with Crippen LogP contribution in [0.4, 0.5) is 4.79 Å². The van der Waals surface area contributed by atoms with Crippen LogP contribution in [0.2, 0.25) is 0 Å². The van der Waals surface area contributed by atoms with E-state index in [9.17, 15) is 14.4 Å². The Kier molecular flexibility index (Phi) is 3.82. The first-order valence-corrected chi connectivity index (χ1v) is 7.66. The number of hydrogen-bond acceptors (Lipinski definition) is 5. The number of likely N-dealkylation sites (N-methyl/N-ethyl adjacent to an activating group) is 2. The molecule has 0 bridgehead atoms. The van der Waals surface area contributed by atoms with Crippen molar-refractivity contribution in [1.82, 2.24) is 19.5 Å². The Balaban J connectivity index is 2.09. The molecule has 0 N–H and O–H groups in total. The van der Waals surface area contributed by atoms with Crippen LogP contribution in [0.3, 0.4) is 0 Å². The van der Waals surface area contributed by atoms with Crippen molar-refractivity contribution in [3.63, 3.8) is 0 Å². The van der Waals surface area contributed by atoms with Gasteiger partial charge in [-0.1, -0.05) is 5.16 Å². The zero-order valence-corrected chi connectivity index (χ0v) is 14.7. The Bertz CT molecular complexity index is 909. The van der Waals surface area contributed by atoms with E-state index in [4.69, 9.17) is 4.52 Å². The third-order valence-electron chi connectivity index (χ3n) is 4.26. The van der Waals surface area contributed by atoms with E-state index in [0.29, 0.717) is 17.1 Å². The van der Waals surface area contributed by atoms with Crippen LogP contribution < -0.4 is 0 Å². The van der Waals surface area contributed by atoms with Crippen LogP contribution >= 0.6 is 0 Å². The van der Waals surface area contributed by atoms with Gasteiger partial charge in [-0.2, -0.15) is 0 Å². The van der Waals surface area contributed by atoms with Gasteiger partial charge in [-0.25, -0.2) is 4.79 Å². The number of hydrogen-bond donors (Lipinski definition) is 0. The maximum Gasteiger partial charge on any atom is 0.333 e. The van der Waals surface area contributed by atoms with Gasteiger partial charge in [0.25, 0.3) is 11.8 Å². The highest BCUT2D eigenvalue weighted by Gasteiger charge is 2.38. The summed E-state index contributed by atoms with van der Waals surface area (Å²) >= 11 is 0. The number of carbonyl (C=O) groups excluding carboxylic acids is 3. The molecule has 2 aromatic rings. The zero-order valence-electron chi connectivity index (χ0n) is 14.7. The number of imide groups is 2. The summed E-state index contributed by atoms with van der Waals surface area (Å²) in [5, 5.41) is 4.00. The fourth-order valence-corrected chi connectivity index (χ4v) is 2.88. The summed E-state index contributed by atoms with van der Waals surface area (Å²) in [6, 6.07) is 3.01. The van der Waals surface area contributed by atoms with E-state index in [1.807, 2.05) is 24.5 Å². The Morgan fingerprint density at radius 2 is 1.60 bits per heavy atom. The summed E-state index contributed by atoms with van der Waals surface area (Å²) in [6.45, 7) is 5.56. The highest BCUT2D eigenvalue weighted by atomic mass is 16.5. The summed E-state index contributed by atoms with van der Waals surface area (Å²) in [5.41, 5.74) is 2.33. The average molecular weight is 342 g/mol. The van der Waals surface area contributed by atoms with Crippen LogP contribution in [0.25, 0.3) is 11.9 Å². The Hall–Kier alpha value is -3.16. The number of aryl methyl sites for hydroxylation is 2. The molecule has 3 rings (SSSR count). The predicted octanol–water partition coefficient (Wildman–Crippen LogP) is 1.82. The van der Waals surface area contributed by atoms with E-state index in [1.165, 1.54) is 20.2 Å². The van der Waals surface area contributed by atoms with Gasteiger partial charge in [-0.15, -0.1) is 0 Å². The molecule has 0 atom stereocenters. The lowest BCUT2D eigenvalue weighted by Crippen LogP contribution is -2.52. The topological polar surface area (TPSA) is 88.7 Å². The summed E-state index contributed by atoms with van der Waals surface area (Å²) in [5.74, 6) is 0.0787. The van der Waals surface area contributed by atoms with Crippen molar-refractivity contribution in [2.24, 2.45) is 0 Å². The van der Waals surface area contributed by atoms with Gasteiger partial charge in [-0.05, 0) is 38.5 Å². The molecule has 0 unspecified atom stereocenters. The number of rotatable bonds is 2. The molecule has 0 aromatic carbocycles. The highest BCUT2D eigenvalue weighted by molar-refractivity contribution is 6.30. The summed E-state index contributed by atoms with van der Waals surface area (Å²) in [6.07, 6.45) is 1.51. The van der Waals surface area contributed by atoms with Crippen molar-refractivity contribution >= 4 is 23.9 Å². The molecule has 4 amide bonds. The molecule has 0 saturated carbocycles. The largest absolute Gasteiger partial charge is 0.360 e. The van der Waals surface area contributed by atoms with Crippen LogP contribution in [0.1, 0.15) is 22.7 Å². The minimum atomic E-state index is -0.643. The van der Waals surface area contributed by atoms with Crippen molar-refractivity contribution in [2.45, 2.75) is 20.8 Å². The van der Waals surface area contributed by atoms with Gasteiger partial charge >= 0.3 is 6.03 Å². The van der Waals surface area contributed by atoms with Crippen LogP contribution in [0.5, 0.6) is 0 Å². The monoisotopic (exact) mass is 342 g/mol. The fourth-order valence-electron chi connectivity index (χ4n) is 2.88. The first-order chi connectivity index (χ1) is 11.7. The molecule has 8 heteroatoms. The van der Waals surface area contributed by atoms with Crippen LogP contribution in [0, 0.1) is 20.8 Å². The lowest BCUT2D eigenvalue weighted by atomic mass is 10.1. The lowest BCUT2D eigenvalue weighted by molar-refractivity contribution is -0.134. The smallest absolute Gasteiger partial charge is 0.333 e. The van der Waals surface area contributed by atoms with Crippen molar-refractivity contribution in [1.29, 1.82) is 0 Å². The van der Waals surface area contributed by atoms with Gasteiger partial charge < -0.3 is 4.52 Å². The van der Waals surface area contributed by atoms with E-state index in [1.54, 1.807) is 13.0 Å². The molecule has 1 saturated heterocycles. The Labute approximate surface area is 144 Å². The molecule has 0 aliphatic carbocycles. The van der Waals surface area contributed by atoms with Gasteiger partial charge in [0.15, 0.2) is 5.82 Å². The summed E-state index contributed by atoms with van der Waals surface area (Å²) in [7, 11) is 2.70. The van der Waals surface area contributed by atoms with E-state index in [-0.39, 0.29) is 5.57 Å². The zero-order chi connectivity index (χ0) is 18.5.